The summed E-state index contributed by atoms with van der Waals surface area (Å²) in [5, 5.41) is 4.23. The van der Waals surface area contributed by atoms with Crippen LogP contribution >= 0.6 is 0 Å². The first-order chi connectivity index (χ1) is 38.6. The van der Waals surface area contributed by atoms with Crippen molar-refractivity contribution in [2.45, 2.75) is 79.1 Å². The predicted octanol–water partition coefficient (Wildman–Crippen LogP) is 11.4. The van der Waals surface area contributed by atoms with Gasteiger partial charge in [-0.15, -0.1) is 0 Å². The third-order valence-corrected chi connectivity index (χ3v) is 14.9. The number of aldehydes is 1. The van der Waals surface area contributed by atoms with Crippen LogP contribution in [-0.4, -0.2) is 99.4 Å². The number of fused-ring (bicyclic) bond motifs is 2. The molecule has 0 fully saturated rings. The Morgan fingerprint density at radius 2 is 0.938 bits per heavy atom. The van der Waals surface area contributed by atoms with Crippen LogP contribution < -0.4 is 36.6 Å². The molecular formula is C66H80N8O7. The number of nitrogens with two attached hydrogens (primary N) is 1. The number of allylic oxidation sites excluding steroid dienone is 4. The van der Waals surface area contributed by atoms with Crippen molar-refractivity contribution in [2.24, 2.45) is 10.8 Å². The molecule has 0 bridgehead atoms. The molecule has 0 aromatic heterocycles. The van der Waals surface area contributed by atoms with Gasteiger partial charge in [-0.2, -0.15) is 5.10 Å². The van der Waals surface area contributed by atoms with E-state index in [0.29, 0.717) is 48.4 Å². The SMILES string of the molecule is CCN(CC)C(=O)c1ccc(C(=O)N/N=C/C=C2\N(CC)c3ccc(OC)cc3C2(C)Cc2ccccc2)cc1.CCN(CC)C(=O)c1ccc(C(N)=O)cc1.CCN1/C(=C\C=O)C(C)(Cc2ccccc2)c2cc(OC)ccc21.N. The first-order valence-electron chi connectivity index (χ1n) is 27.4. The summed E-state index contributed by atoms with van der Waals surface area (Å²) in [6.45, 7) is 20.7. The molecule has 2 aliphatic heterocycles. The number of benzene rings is 6. The van der Waals surface area contributed by atoms with Crippen molar-refractivity contribution in [3.63, 3.8) is 0 Å². The smallest absolute Gasteiger partial charge is 0.271 e. The summed E-state index contributed by atoms with van der Waals surface area (Å²) in [4.78, 5) is 67.3. The van der Waals surface area contributed by atoms with E-state index in [4.69, 9.17) is 15.2 Å². The maximum absolute atomic E-state index is 12.7. The van der Waals surface area contributed by atoms with Gasteiger partial charge in [-0.1, -0.05) is 60.7 Å². The average molecular weight is 1100 g/mol. The molecule has 6 aromatic carbocycles. The second kappa shape index (κ2) is 29.4. The van der Waals surface area contributed by atoms with Gasteiger partial charge in [0.1, 0.15) is 17.8 Å². The van der Waals surface area contributed by atoms with Crippen molar-refractivity contribution < 1.29 is 33.4 Å². The first-order valence-corrected chi connectivity index (χ1v) is 27.4. The number of anilines is 2. The van der Waals surface area contributed by atoms with Gasteiger partial charge in [0.05, 0.1) is 14.2 Å². The maximum Gasteiger partial charge on any atom is 0.271 e. The molecule has 15 nitrogen and oxygen atoms in total. The van der Waals surface area contributed by atoms with Crippen LogP contribution in [-0.2, 0) is 28.5 Å². The van der Waals surface area contributed by atoms with Gasteiger partial charge in [0, 0.05) is 101 Å². The molecule has 15 heteroatoms. The van der Waals surface area contributed by atoms with Crippen molar-refractivity contribution in [1.29, 1.82) is 0 Å². The van der Waals surface area contributed by atoms with Crippen LogP contribution in [0.2, 0.25) is 0 Å². The molecule has 6 aromatic rings. The number of nitrogens with one attached hydrogen (secondary N) is 1. The minimum absolute atomic E-state index is 0. The number of methoxy groups -OCH3 is 2. The van der Waals surface area contributed by atoms with E-state index in [2.05, 4.69) is 121 Å². The third kappa shape index (κ3) is 14.5. The minimum Gasteiger partial charge on any atom is -0.497 e. The molecule has 426 valence electrons. The zero-order chi connectivity index (χ0) is 58.0. The molecule has 81 heavy (non-hydrogen) atoms. The van der Waals surface area contributed by atoms with Crippen LogP contribution in [0.3, 0.4) is 0 Å². The van der Waals surface area contributed by atoms with E-state index >= 15 is 0 Å². The molecule has 8 rings (SSSR count). The van der Waals surface area contributed by atoms with Crippen molar-refractivity contribution >= 4 is 47.5 Å². The van der Waals surface area contributed by atoms with Crippen LogP contribution in [0.5, 0.6) is 11.5 Å². The van der Waals surface area contributed by atoms with E-state index in [9.17, 15) is 24.0 Å². The number of hydrogen-bond donors (Lipinski definition) is 3. The second-order valence-corrected chi connectivity index (χ2v) is 19.7. The van der Waals surface area contributed by atoms with Gasteiger partial charge in [0.15, 0.2) is 0 Å². The summed E-state index contributed by atoms with van der Waals surface area (Å²) in [6.07, 6.45) is 7.86. The number of carbonyl (C=O) groups excluding carboxylic acids is 5. The fourth-order valence-electron chi connectivity index (χ4n) is 10.6. The molecule has 2 heterocycles. The van der Waals surface area contributed by atoms with E-state index < -0.39 is 5.91 Å². The number of carbonyl (C=O) groups is 5. The number of hydrazone groups is 1. The third-order valence-electron chi connectivity index (χ3n) is 14.9. The van der Waals surface area contributed by atoms with Gasteiger partial charge in [0.2, 0.25) is 5.91 Å². The summed E-state index contributed by atoms with van der Waals surface area (Å²) < 4.78 is 11.0. The monoisotopic (exact) mass is 1100 g/mol. The Hall–Kier alpha value is -8.82. The lowest BCUT2D eigenvalue weighted by molar-refractivity contribution is -0.104. The lowest BCUT2D eigenvalue weighted by Crippen LogP contribution is -2.31. The Labute approximate surface area is 478 Å². The molecule has 2 unspecified atom stereocenters. The summed E-state index contributed by atoms with van der Waals surface area (Å²) in [5.41, 5.74) is 18.5. The highest BCUT2D eigenvalue weighted by Crippen LogP contribution is 2.52. The summed E-state index contributed by atoms with van der Waals surface area (Å²) in [6, 6.07) is 46.3. The van der Waals surface area contributed by atoms with E-state index in [-0.39, 0.29) is 34.7 Å². The predicted molar refractivity (Wildman–Crippen MR) is 326 cm³/mol. The van der Waals surface area contributed by atoms with E-state index in [1.54, 1.807) is 84.8 Å². The van der Waals surface area contributed by atoms with Gasteiger partial charge in [-0.05, 0) is 188 Å². The van der Waals surface area contributed by atoms with Crippen LogP contribution in [0.4, 0.5) is 11.4 Å². The number of ether oxygens (including phenoxy) is 2. The van der Waals surface area contributed by atoms with Crippen molar-refractivity contribution in [3.05, 3.63) is 214 Å². The molecule has 0 aliphatic carbocycles. The van der Waals surface area contributed by atoms with Crippen molar-refractivity contribution in [1.82, 2.24) is 21.4 Å². The molecular weight excluding hydrogens is 1020 g/mol. The summed E-state index contributed by atoms with van der Waals surface area (Å²) >= 11 is 0. The summed E-state index contributed by atoms with van der Waals surface area (Å²) in [5.74, 6) is 0.770. The zero-order valence-electron chi connectivity index (χ0n) is 48.7. The number of amides is 4. The zero-order valence-corrected chi connectivity index (χ0v) is 48.7. The quantitative estimate of drug-likeness (QED) is 0.0303. The number of nitrogens with zero attached hydrogens (tertiary/aromatic N) is 5. The number of hydrogen-bond acceptors (Lipinski definition) is 11. The molecule has 2 aliphatic rings. The molecule has 0 spiro atoms. The van der Waals surface area contributed by atoms with Crippen molar-refractivity contribution in [3.8, 4) is 11.5 Å². The number of likely N-dealkylation sites (N-methyl/N-ethyl adjacent to an activating group) is 2. The van der Waals surface area contributed by atoms with Crippen LogP contribution in [0, 0.1) is 0 Å². The molecule has 2 atom stereocenters. The van der Waals surface area contributed by atoms with Crippen LogP contribution in [0.25, 0.3) is 0 Å². The fourth-order valence-corrected chi connectivity index (χ4v) is 10.6. The topological polar surface area (TPSA) is 202 Å². The van der Waals surface area contributed by atoms with Crippen molar-refractivity contribution in [2.75, 3.05) is 63.3 Å². The number of rotatable bonds is 19. The van der Waals surface area contributed by atoms with E-state index in [1.807, 2.05) is 58.0 Å². The minimum atomic E-state index is -0.484. The number of primary amides is 1. The van der Waals surface area contributed by atoms with Gasteiger partial charge < -0.3 is 41.0 Å². The normalized spacial score (nSPS) is 16.7. The first kappa shape index (κ1) is 63.0. The Bertz CT molecular complexity index is 3170. The van der Waals surface area contributed by atoms with Gasteiger partial charge in [0.25, 0.3) is 17.7 Å². The van der Waals surface area contributed by atoms with Gasteiger partial charge in [-0.3, -0.25) is 24.0 Å². The highest BCUT2D eigenvalue weighted by atomic mass is 16.5. The lowest BCUT2D eigenvalue weighted by Gasteiger charge is -2.30. The van der Waals surface area contributed by atoms with Gasteiger partial charge >= 0.3 is 0 Å². The standard InChI is InChI=1S/C33H38N4O3.C21H23NO2.C12H16N2O2.H3N/c1-6-36(7-2)32(39)26-16-14-25(15-17-26)31(38)35-34-21-20-30-33(4,23-24-12-10-9-11-13-24)28-22-27(40-5)18-19-29(28)37(30)8-3;1-4-22-19-11-10-17(24-3)14-18(19)21(2,20(22)12-13-23)15-16-8-6-5-7-9-16;1-3-14(4-2)12(16)10-7-5-9(6-8-10)11(13)15;/h9-22H,6-8,23H2,1-5H3,(H,35,38);5-14H,4,15H2,1-3H3;5-8H,3-4H2,1-2H3,(H2,13,15);1H3/b30-20-,34-21+;20-12-;;. The molecule has 0 radical (unpaired) electrons. The van der Waals surface area contributed by atoms with Crippen LogP contribution in [0.15, 0.2) is 174 Å². The van der Waals surface area contributed by atoms with E-state index in [0.717, 1.165) is 66.5 Å². The Balaban J connectivity index is 0.000000248. The Kier molecular flexibility index (Phi) is 22.9. The van der Waals surface area contributed by atoms with E-state index in [1.165, 1.54) is 22.3 Å². The largest absolute Gasteiger partial charge is 0.497 e. The Morgan fingerprint density at radius 3 is 1.30 bits per heavy atom. The highest BCUT2D eigenvalue weighted by Gasteiger charge is 2.44. The Morgan fingerprint density at radius 1 is 0.556 bits per heavy atom. The average Bonchev–Trinajstić information content (AvgIpc) is 3.99. The van der Waals surface area contributed by atoms with Gasteiger partial charge in [-0.25, -0.2) is 5.43 Å². The fraction of sp³-hybridized carbons (Fsp3) is 0.303. The lowest BCUT2D eigenvalue weighted by atomic mass is 9.76. The van der Waals surface area contributed by atoms with Crippen LogP contribution in [0.1, 0.15) is 119 Å². The molecule has 4 amide bonds. The maximum atomic E-state index is 12.7. The molecule has 6 N–H and O–H groups in total. The highest BCUT2D eigenvalue weighted by molar-refractivity contribution is 5.99. The molecule has 0 saturated carbocycles. The molecule has 0 saturated heterocycles. The summed E-state index contributed by atoms with van der Waals surface area (Å²) in [7, 11) is 3.37. The second-order valence-electron chi connectivity index (χ2n) is 19.7.